The van der Waals surface area contributed by atoms with Crippen molar-refractivity contribution < 1.29 is 4.74 Å². The van der Waals surface area contributed by atoms with E-state index in [9.17, 15) is 0 Å². The number of nitrogens with zero attached hydrogens (tertiary/aromatic N) is 1. The molecule has 0 radical (unpaired) electrons. The number of ether oxygens (including phenoxy) is 1. The molecule has 0 aromatic rings. The monoisotopic (exact) mass is 201 g/mol. The first-order valence-corrected chi connectivity index (χ1v) is 5.91. The van der Waals surface area contributed by atoms with Crippen molar-refractivity contribution in [2.24, 2.45) is 5.92 Å². The van der Waals surface area contributed by atoms with Gasteiger partial charge in [0, 0.05) is 18.9 Å². The Kier molecular flexibility index (Phi) is 2.86. The van der Waals surface area contributed by atoms with Crippen LogP contribution in [0.25, 0.3) is 0 Å². The van der Waals surface area contributed by atoms with Crippen LogP contribution in [0.15, 0.2) is 0 Å². The van der Waals surface area contributed by atoms with Gasteiger partial charge in [-0.25, -0.2) is 0 Å². The van der Waals surface area contributed by atoms with E-state index in [0.29, 0.717) is 0 Å². The SMILES string of the molecule is CCOC1(CS)CN2CCC1CC2. The number of rotatable bonds is 3. The lowest BCUT2D eigenvalue weighted by atomic mass is 9.76. The molecule has 1 unspecified atom stereocenters. The standard InChI is InChI=1S/C10H19NOS/c1-2-12-10(8-13)7-11-5-3-9(10)4-6-11/h9,13H,2-8H2,1H3. The first-order valence-electron chi connectivity index (χ1n) is 5.28. The van der Waals surface area contributed by atoms with Gasteiger partial charge in [-0.15, -0.1) is 0 Å². The van der Waals surface area contributed by atoms with Crippen molar-refractivity contribution in [3.05, 3.63) is 0 Å². The minimum atomic E-state index is 0.0777. The third-order valence-electron chi connectivity index (χ3n) is 3.52. The van der Waals surface area contributed by atoms with Crippen LogP contribution in [-0.2, 0) is 4.74 Å². The summed E-state index contributed by atoms with van der Waals surface area (Å²) in [5.41, 5.74) is 0.0777. The maximum atomic E-state index is 5.94. The highest BCUT2D eigenvalue weighted by Crippen LogP contribution is 2.38. The Morgan fingerprint density at radius 3 is 2.54 bits per heavy atom. The highest BCUT2D eigenvalue weighted by atomic mass is 32.1. The average molecular weight is 201 g/mol. The summed E-state index contributed by atoms with van der Waals surface area (Å²) < 4.78 is 5.94. The largest absolute Gasteiger partial charge is 0.373 e. The van der Waals surface area contributed by atoms with E-state index in [1.165, 1.54) is 25.9 Å². The van der Waals surface area contributed by atoms with Gasteiger partial charge in [0.2, 0.25) is 0 Å². The van der Waals surface area contributed by atoms with E-state index >= 15 is 0 Å². The van der Waals surface area contributed by atoms with Crippen LogP contribution >= 0.6 is 12.6 Å². The van der Waals surface area contributed by atoms with Gasteiger partial charge in [-0.1, -0.05) is 0 Å². The molecule has 0 amide bonds. The second-order valence-corrected chi connectivity index (χ2v) is 4.52. The zero-order chi connectivity index (χ0) is 9.31. The third kappa shape index (κ3) is 1.62. The summed E-state index contributed by atoms with van der Waals surface area (Å²) in [6.45, 7) is 6.56. The molecule has 1 atom stereocenters. The van der Waals surface area contributed by atoms with Crippen molar-refractivity contribution in [3.63, 3.8) is 0 Å². The van der Waals surface area contributed by atoms with Crippen LogP contribution in [0.4, 0.5) is 0 Å². The number of fused-ring (bicyclic) bond motifs is 3. The molecule has 2 nitrogen and oxygen atoms in total. The molecule has 3 saturated heterocycles. The summed E-state index contributed by atoms with van der Waals surface area (Å²) >= 11 is 4.47. The summed E-state index contributed by atoms with van der Waals surface area (Å²) in [4.78, 5) is 2.52. The van der Waals surface area contributed by atoms with Gasteiger partial charge in [-0.3, -0.25) is 0 Å². The zero-order valence-electron chi connectivity index (χ0n) is 8.33. The second kappa shape index (κ2) is 3.79. The molecule has 0 spiro atoms. The Hall–Kier alpha value is 0.270. The summed E-state index contributed by atoms with van der Waals surface area (Å²) in [7, 11) is 0. The molecule has 13 heavy (non-hydrogen) atoms. The lowest BCUT2D eigenvalue weighted by molar-refractivity contribution is -0.135. The van der Waals surface area contributed by atoms with E-state index in [-0.39, 0.29) is 5.60 Å². The molecule has 3 heteroatoms. The normalized spacial score (nSPS) is 43.8. The van der Waals surface area contributed by atoms with Gasteiger partial charge >= 0.3 is 0 Å². The molecule has 3 fully saturated rings. The molecule has 3 heterocycles. The maximum Gasteiger partial charge on any atom is 0.0924 e. The van der Waals surface area contributed by atoms with Crippen molar-refractivity contribution in [1.82, 2.24) is 4.90 Å². The zero-order valence-corrected chi connectivity index (χ0v) is 9.22. The fourth-order valence-electron chi connectivity index (χ4n) is 2.80. The van der Waals surface area contributed by atoms with Gasteiger partial charge in [-0.05, 0) is 38.8 Å². The minimum Gasteiger partial charge on any atom is -0.373 e. The topological polar surface area (TPSA) is 12.5 Å². The van der Waals surface area contributed by atoms with Crippen LogP contribution < -0.4 is 0 Å². The number of piperidine rings is 3. The predicted octanol–water partition coefficient (Wildman–Crippen LogP) is 1.42. The molecule has 3 aliphatic rings. The Labute approximate surface area is 86.0 Å². The van der Waals surface area contributed by atoms with E-state index in [4.69, 9.17) is 4.74 Å². The molecule has 3 rings (SSSR count). The minimum absolute atomic E-state index is 0.0777. The van der Waals surface area contributed by atoms with Crippen molar-refractivity contribution in [3.8, 4) is 0 Å². The fourth-order valence-corrected chi connectivity index (χ4v) is 3.25. The fraction of sp³-hybridized carbons (Fsp3) is 1.00. The lowest BCUT2D eigenvalue weighted by Crippen LogP contribution is -2.61. The van der Waals surface area contributed by atoms with E-state index in [2.05, 4.69) is 24.5 Å². The maximum absolute atomic E-state index is 5.94. The number of thiol groups is 1. The quantitative estimate of drug-likeness (QED) is 0.693. The molecule has 2 bridgehead atoms. The van der Waals surface area contributed by atoms with E-state index < -0.39 is 0 Å². The van der Waals surface area contributed by atoms with Gasteiger partial charge in [0.15, 0.2) is 0 Å². The van der Waals surface area contributed by atoms with Crippen LogP contribution in [0.3, 0.4) is 0 Å². The van der Waals surface area contributed by atoms with Crippen LogP contribution in [0.5, 0.6) is 0 Å². The van der Waals surface area contributed by atoms with E-state index in [1.54, 1.807) is 0 Å². The first-order chi connectivity index (χ1) is 6.30. The first kappa shape index (κ1) is 9.81. The molecule has 0 saturated carbocycles. The predicted molar refractivity (Wildman–Crippen MR) is 57.4 cm³/mol. The van der Waals surface area contributed by atoms with E-state index in [1.807, 2.05) is 0 Å². The van der Waals surface area contributed by atoms with Gasteiger partial charge in [0.25, 0.3) is 0 Å². The summed E-state index contributed by atoms with van der Waals surface area (Å²) in [6, 6.07) is 0. The molecule has 0 aliphatic carbocycles. The van der Waals surface area contributed by atoms with Crippen molar-refractivity contribution >= 4 is 12.6 Å². The van der Waals surface area contributed by atoms with Crippen LogP contribution in [0.1, 0.15) is 19.8 Å². The Morgan fingerprint density at radius 2 is 2.15 bits per heavy atom. The van der Waals surface area contributed by atoms with Crippen molar-refractivity contribution in [2.75, 3.05) is 32.0 Å². The lowest BCUT2D eigenvalue weighted by Gasteiger charge is -2.52. The molecular weight excluding hydrogens is 182 g/mol. The summed E-state index contributed by atoms with van der Waals surface area (Å²) in [5, 5.41) is 0. The van der Waals surface area contributed by atoms with Crippen molar-refractivity contribution in [1.29, 1.82) is 0 Å². The van der Waals surface area contributed by atoms with Crippen LogP contribution in [-0.4, -0.2) is 42.5 Å². The average Bonchev–Trinajstić information content (AvgIpc) is 2.20. The molecule has 3 aliphatic heterocycles. The molecule has 76 valence electrons. The smallest absolute Gasteiger partial charge is 0.0924 e. The summed E-state index contributed by atoms with van der Waals surface area (Å²) in [6.07, 6.45) is 2.61. The van der Waals surface area contributed by atoms with E-state index in [0.717, 1.165) is 24.8 Å². The van der Waals surface area contributed by atoms with Gasteiger partial charge in [0.05, 0.1) is 5.60 Å². The number of hydrogen-bond donors (Lipinski definition) is 1. The molecular formula is C10H19NOS. The Morgan fingerprint density at radius 1 is 1.46 bits per heavy atom. The molecule has 0 aromatic heterocycles. The van der Waals surface area contributed by atoms with Crippen LogP contribution in [0.2, 0.25) is 0 Å². The number of hydrogen-bond acceptors (Lipinski definition) is 3. The molecule has 0 N–H and O–H groups in total. The highest BCUT2D eigenvalue weighted by molar-refractivity contribution is 7.80. The van der Waals surface area contributed by atoms with Gasteiger partial charge in [0.1, 0.15) is 0 Å². The van der Waals surface area contributed by atoms with Crippen LogP contribution in [0, 0.1) is 5.92 Å². The van der Waals surface area contributed by atoms with Gasteiger partial charge < -0.3 is 9.64 Å². The second-order valence-electron chi connectivity index (χ2n) is 4.21. The third-order valence-corrected chi connectivity index (χ3v) is 4.06. The highest BCUT2D eigenvalue weighted by Gasteiger charge is 2.46. The van der Waals surface area contributed by atoms with Gasteiger partial charge in [-0.2, -0.15) is 12.6 Å². The van der Waals surface area contributed by atoms with Crippen molar-refractivity contribution in [2.45, 2.75) is 25.4 Å². The summed E-state index contributed by atoms with van der Waals surface area (Å²) in [5.74, 6) is 1.64. The Bertz CT molecular complexity index is 180. The molecule has 0 aromatic carbocycles. The Balaban J connectivity index is 2.10.